The predicted octanol–water partition coefficient (Wildman–Crippen LogP) is 2.83. The molecule has 0 aliphatic heterocycles. The summed E-state index contributed by atoms with van der Waals surface area (Å²) < 4.78 is 0. The number of hydrogen-bond donors (Lipinski definition) is 0. The molecule has 4 unspecified atom stereocenters. The van der Waals surface area contributed by atoms with E-state index in [0.717, 1.165) is 17.3 Å². The normalized spacial score (nSPS) is 63.9. The second-order valence-corrected chi connectivity index (χ2v) is 4.98. The first kappa shape index (κ1) is 5.62. The van der Waals surface area contributed by atoms with E-state index in [1.165, 1.54) is 5.92 Å². The molecule has 0 N–H and O–H groups in total. The van der Waals surface area contributed by atoms with Crippen molar-refractivity contribution in [2.45, 2.75) is 39.0 Å². The van der Waals surface area contributed by atoms with Crippen LogP contribution in [-0.2, 0) is 0 Å². The minimum absolute atomic E-state index is 0.942. The Morgan fingerprint density at radius 2 is 2.20 bits per heavy atom. The van der Waals surface area contributed by atoms with Crippen LogP contribution in [0.2, 0.25) is 0 Å². The maximum Gasteiger partial charge on any atom is -0.0263 e. The summed E-state index contributed by atoms with van der Waals surface area (Å²) >= 11 is 0. The maximum atomic E-state index is 2.47. The lowest BCUT2D eigenvalue weighted by Crippen LogP contribution is -2.15. The van der Waals surface area contributed by atoms with E-state index in [9.17, 15) is 0 Å². The zero-order valence-corrected chi connectivity index (χ0v) is 6.77. The molecule has 0 aromatic carbocycles. The lowest BCUT2D eigenvalue weighted by Gasteiger charge is -2.24. The van der Waals surface area contributed by atoms with Gasteiger partial charge in [-0.15, -0.1) is 0 Å². The highest BCUT2D eigenvalue weighted by atomic mass is 14.7. The van der Waals surface area contributed by atoms with E-state index >= 15 is 0 Å². The highest BCUT2D eigenvalue weighted by Gasteiger charge is 2.61. The van der Waals surface area contributed by atoms with Gasteiger partial charge in [-0.1, -0.05) is 6.92 Å². The SMILES string of the molecule is CC1CC2CC23CCC1C3. The highest BCUT2D eigenvalue weighted by molar-refractivity contribution is 5.11. The van der Waals surface area contributed by atoms with Gasteiger partial charge >= 0.3 is 0 Å². The first-order chi connectivity index (χ1) is 4.80. The van der Waals surface area contributed by atoms with Crippen LogP contribution in [0.25, 0.3) is 0 Å². The lowest BCUT2D eigenvalue weighted by molar-refractivity contribution is 0.257. The summed E-state index contributed by atoms with van der Waals surface area (Å²) in [5.74, 6) is 3.39. The molecule has 3 saturated carbocycles. The van der Waals surface area contributed by atoms with E-state index in [1.807, 2.05) is 0 Å². The van der Waals surface area contributed by atoms with Crippen molar-refractivity contribution in [1.82, 2.24) is 0 Å². The molecule has 0 heteroatoms. The van der Waals surface area contributed by atoms with Crippen molar-refractivity contribution in [3.05, 3.63) is 0 Å². The molecule has 0 aromatic rings. The average Bonchev–Trinajstić information content (AvgIpc) is 2.37. The molecule has 0 heterocycles. The molecule has 3 aliphatic rings. The van der Waals surface area contributed by atoms with Crippen molar-refractivity contribution in [1.29, 1.82) is 0 Å². The Morgan fingerprint density at radius 1 is 1.30 bits per heavy atom. The van der Waals surface area contributed by atoms with Crippen molar-refractivity contribution in [2.24, 2.45) is 23.2 Å². The average molecular weight is 136 g/mol. The molecular formula is C10H16. The van der Waals surface area contributed by atoms with E-state index in [1.54, 1.807) is 32.1 Å². The van der Waals surface area contributed by atoms with Gasteiger partial charge in [0.25, 0.3) is 0 Å². The van der Waals surface area contributed by atoms with E-state index < -0.39 is 0 Å². The second-order valence-electron chi connectivity index (χ2n) is 4.98. The van der Waals surface area contributed by atoms with Crippen LogP contribution in [0.1, 0.15) is 39.0 Å². The number of hydrogen-bond acceptors (Lipinski definition) is 0. The summed E-state index contributed by atoms with van der Waals surface area (Å²) in [5.41, 5.74) is 0.942. The Morgan fingerprint density at radius 3 is 3.10 bits per heavy atom. The van der Waals surface area contributed by atoms with Crippen LogP contribution >= 0.6 is 0 Å². The summed E-state index contributed by atoms with van der Waals surface area (Å²) in [4.78, 5) is 0. The maximum absolute atomic E-state index is 2.47. The van der Waals surface area contributed by atoms with Gasteiger partial charge in [-0.2, -0.15) is 0 Å². The number of fused-ring (bicyclic) bond motifs is 1. The van der Waals surface area contributed by atoms with E-state index in [-0.39, 0.29) is 0 Å². The quantitative estimate of drug-likeness (QED) is 0.480. The molecule has 10 heavy (non-hydrogen) atoms. The van der Waals surface area contributed by atoms with Gasteiger partial charge in [0.05, 0.1) is 0 Å². The third-order valence-corrected chi connectivity index (χ3v) is 4.50. The van der Waals surface area contributed by atoms with Crippen molar-refractivity contribution in [3.8, 4) is 0 Å². The predicted molar refractivity (Wildman–Crippen MR) is 41.7 cm³/mol. The third-order valence-electron chi connectivity index (χ3n) is 4.50. The molecule has 0 radical (unpaired) electrons. The van der Waals surface area contributed by atoms with Crippen molar-refractivity contribution in [2.75, 3.05) is 0 Å². The van der Waals surface area contributed by atoms with Gasteiger partial charge in [0.15, 0.2) is 0 Å². The monoisotopic (exact) mass is 136 g/mol. The van der Waals surface area contributed by atoms with E-state index in [4.69, 9.17) is 0 Å². The minimum Gasteiger partial charge on any atom is -0.0622 e. The summed E-state index contributed by atoms with van der Waals surface area (Å²) in [5, 5.41) is 0. The van der Waals surface area contributed by atoms with Crippen LogP contribution in [0, 0.1) is 23.2 Å². The topological polar surface area (TPSA) is 0 Å². The van der Waals surface area contributed by atoms with Gasteiger partial charge in [0, 0.05) is 0 Å². The van der Waals surface area contributed by atoms with Gasteiger partial charge in [0.2, 0.25) is 0 Å². The van der Waals surface area contributed by atoms with Crippen LogP contribution < -0.4 is 0 Å². The molecule has 4 atom stereocenters. The minimum atomic E-state index is 0.942. The molecule has 1 spiro atoms. The summed E-state index contributed by atoms with van der Waals surface area (Å²) in [7, 11) is 0. The summed E-state index contributed by atoms with van der Waals surface area (Å²) in [6, 6.07) is 0. The fourth-order valence-electron chi connectivity index (χ4n) is 3.65. The smallest absolute Gasteiger partial charge is 0.0263 e. The number of rotatable bonds is 0. The molecule has 0 nitrogen and oxygen atoms in total. The molecule has 56 valence electrons. The largest absolute Gasteiger partial charge is 0.0622 e. The summed E-state index contributed by atoms with van der Waals surface area (Å²) in [6.45, 7) is 2.47. The first-order valence-electron chi connectivity index (χ1n) is 4.80. The zero-order valence-electron chi connectivity index (χ0n) is 6.77. The van der Waals surface area contributed by atoms with Crippen LogP contribution in [-0.4, -0.2) is 0 Å². The van der Waals surface area contributed by atoms with Crippen molar-refractivity contribution >= 4 is 0 Å². The van der Waals surface area contributed by atoms with Crippen LogP contribution in [0.3, 0.4) is 0 Å². The first-order valence-corrected chi connectivity index (χ1v) is 4.80. The van der Waals surface area contributed by atoms with Crippen LogP contribution in [0.15, 0.2) is 0 Å². The molecule has 0 aromatic heterocycles. The molecule has 0 amide bonds. The Kier molecular flexibility index (Phi) is 0.810. The van der Waals surface area contributed by atoms with Crippen LogP contribution in [0.4, 0.5) is 0 Å². The fourth-order valence-corrected chi connectivity index (χ4v) is 3.65. The van der Waals surface area contributed by atoms with E-state index in [2.05, 4.69) is 6.92 Å². The Balaban J connectivity index is 1.94. The Bertz CT molecular complexity index is 173. The molecule has 3 fully saturated rings. The molecule has 0 saturated heterocycles. The standard InChI is InChI=1S/C10H16/c1-7-4-9-6-10(9)3-2-8(7)5-10/h7-9H,2-6H2,1H3. The van der Waals surface area contributed by atoms with Crippen molar-refractivity contribution in [3.63, 3.8) is 0 Å². The second kappa shape index (κ2) is 1.44. The lowest BCUT2D eigenvalue weighted by atomic mass is 9.81. The summed E-state index contributed by atoms with van der Waals surface area (Å²) in [6.07, 6.45) is 7.95. The molecular weight excluding hydrogens is 120 g/mol. The molecule has 3 aliphatic carbocycles. The van der Waals surface area contributed by atoms with Gasteiger partial charge in [-0.05, 0) is 55.3 Å². The zero-order chi connectivity index (χ0) is 6.77. The fraction of sp³-hybridized carbons (Fsp3) is 1.00. The van der Waals surface area contributed by atoms with Crippen molar-refractivity contribution < 1.29 is 0 Å². The Hall–Kier alpha value is 0. The van der Waals surface area contributed by atoms with Gasteiger partial charge in [0.1, 0.15) is 0 Å². The van der Waals surface area contributed by atoms with Gasteiger partial charge in [-0.3, -0.25) is 0 Å². The van der Waals surface area contributed by atoms with Gasteiger partial charge in [-0.25, -0.2) is 0 Å². The van der Waals surface area contributed by atoms with Crippen LogP contribution in [0.5, 0.6) is 0 Å². The van der Waals surface area contributed by atoms with Gasteiger partial charge < -0.3 is 0 Å². The Labute approximate surface area is 63.0 Å². The molecule has 2 bridgehead atoms. The molecule has 3 rings (SSSR count). The highest BCUT2D eigenvalue weighted by Crippen LogP contribution is 2.71. The third kappa shape index (κ3) is 0.500. The van der Waals surface area contributed by atoms with E-state index in [0.29, 0.717) is 0 Å².